The van der Waals surface area contributed by atoms with Crippen LogP contribution in [-0.2, 0) is 26.1 Å². The maximum atomic E-state index is 11.5. The highest BCUT2D eigenvalue weighted by Gasteiger charge is 2.18. The van der Waals surface area contributed by atoms with Crippen molar-refractivity contribution >= 4 is 29.3 Å². The quantitative estimate of drug-likeness (QED) is 0.623. The van der Waals surface area contributed by atoms with Crippen LogP contribution < -0.4 is 0 Å². The van der Waals surface area contributed by atoms with Gasteiger partial charge in [-0.25, -0.2) is 14.6 Å². The third kappa shape index (κ3) is 3.67. The third-order valence-corrected chi connectivity index (χ3v) is 2.43. The third-order valence-electron chi connectivity index (χ3n) is 2.43. The van der Waals surface area contributed by atoms with E-state index in [1.807, 2.05) is 0 Å². The number of hydrogen-bond donors (Lipinski definition) is 1. The molecule has 1 aromatic heterocycles. The average Bonchev–Trinajstić information content (AvgIpc) is 2.77. The number of methoxy groups -OCH3 is 2. The van der Waals surface area contributed by atoms with Crippen LogP contribution in [0, 0.1) is 0 Å². The second kappa shape index (κ2) is 6.50. The first-order valence-electron chi connectivity index (χ1n) is 5.51. The number of aryl methyl sites for hydroxylation is 1. The summed E-state index contributed by atoms with van der Waals surface area (Å²) in [5.74, 6) is -2.55. The molecule has 8 heteroatoms. The number of carbonyl (C=O) groups is 3. The molecule has 1 aromatic rings. The first-order valence-corrected chi connectivity index (χ1v) is 5.51. The predicted molar refractivity (Wildman–Crippen MR) is 68.1 cm³/mol. The van der Waals surface area contributed by atoms with Gasteiger partial charge in [-0.05, 0) is 6.07 Å². The molecule has 0 spiro atoms. The molecule has 0 fully saturated rings. The van der Waals surface area contributed by atoms with Crippen LogP contribution in [0.2, 0.25) is 0 Å². The van der Waals surface area contributed by atoms with Gasteiger partial charge in [0.15, 0.2) is 0 Å². The summed E-state index contributed by atoms with van der Waals surface area (Å²) in [7, 11) is 3.87. The van der Waals surface area contributed by atoms with Gasteiger partial charge in [-0.3, -0.25) is 4.79 Å². The molecule has 0 radical (unpaired) electrons. The number of aromatic nitrogens is 1. The van der Waals surface area contributed by atoms with Crippen LogP contribution >= 0.6 is 0 Å². The second-order valence-electron chi connectivity index (χ2n) is 3.80. The zero-order valence-corrected chi connectivity index (χ0v) is 11.2. The van der Waals surface area contributed by atoms with Crippen molar-refractivity contribution in [3.8, 4) is 0 Å². The van der Waals surface area contributed by atoms with E-state index < -0.39 is 17.9 Å². The highest BCUT2D eigenvalue weighted by Crippen LogP contribution is 2.17. The number of aromatic carboxylic acids is 1. The molecule has 0 unspecified atom stereocenters. The molecular formula is C12H14N2O6. The van der Waals surface area contributed by atoms with Crippen LogP contribution in [0.4, 0.5) is 5.69 Å². The molecule has 1 N–H and O–H groups in total. The minimum Gasteiger partial charge on any atom is -0.477 e. The Bertz CT molecular complexity index is 573. The SMILES string of the molecule is COC(=O)CC(=Nc1cc(C(=O)O)n(C)c1)C(=O)OC. The van der Waals surface area contributed by atoms with Gasteiger partial charge in [-0.2, -0.15) is 0 Å². The van der Waals surface area contributed by atoms with Crippen LogP contribution in [0.15, 0.2) is 17.3 Å². The van der Waals surface area contributed by atoms with Crippen LogP contribution in [0.1, 0.15) is 16.9 Å². The summed E-state index contributed by atoms with van der Waals surface area (Å²) in [6.07, 6.45) is 1.06. The second-order valence-corrected chi connectivity index (χ2v) is 3.80. The summed E-state index contributed by atoms with van der Waals surface area (Å²) in [6, 6.07) is 1.28. The highest BCUT2D eigenvalue weighted by molar-refractivity contribution is 6.39. The van der Waals surface area contributed by atoms with Gasteiger partial charge in [0.05, 0.1) is 26.3 Å². The van der Waals surface area contributed by atoms with Gasteiger partial charge in [-0.1, -0.05) is 0 Å². The lowest BCUT2D eigenvalue weighted by Crippen LogP contribution is -2.20. The van der Waals surface area contributed by atoms with Gasteiger partial charge in [0, 0.05) is 13.2 Å². The molecule has 0 aromatic carbocycles. The van der Waals surface area contributed by atoms with E-state index in [1.54, 1.807) is 0 Å². The van der Waals surface area contributed by atoms with Crippen LogP contribution in [0.5, 0.6) is 0 Å². The molecule has 0 saturated heterocycles. The van der Waals surface area contributed by atoms with E-state index >= 15 is 0 Å². The molecule has 0 bridgehead atoms. The van der Waals surface area contributed by atoms with Crippen LogP contribution in [0.25, 0.3) is 0 Å². The molecule has 0 saturated carbocycles. The molecule has 0 aliphatic rings. The Kier molecular flexibility index (Phi) is 5.01. The van der Waals surface area contributed by atoms with E-state index in [4.69, 9.17) is 5.11 Å². The van der Waals surface area contributed by atoms with E-state index in [1.165, 1.54) is 31.0 Å². The molecule has 0 aliphatic heterocycles. The van der Waals surface area contributed by atoms with Crippen molar-refractivity contribution in [2.24, 2.45) is 12.0 Å². The van der Waals surface area contributed by atoms with Crippen molar-refractivity contribution in [1.82, 2.24) is 4.57 Å². The topological polar surface area (TPSA) is 107 Å². The number of ether oxygens (including phenoxy) is 2. The molecule has 108 valence electrons. The standard InChI is InChI=1S/C12H14N2O6/c1-14-6-7(4-9(14)11(16)17)13-8(12(18)20-3)5-10(15)19-2/h4,6H,5H2,1-3H3,(H,16,17). The summed E-state index contributed by atoms with van der Waals surface area (Å²) in [6.45, 7) is 0. The van der Waals surface area contributed by atoms with Crippen molar-refractivity contribution in [3.05, 3.63) is 18.0 Å². The Morgan fingerprint density at radius 1 is 1.30 bits per heavy atom. The summed E-state index contributed by atoms with van der Waals surface area (Å²) >= 11 is 0. The molecule has 1 rings (SSSR count). The van der Waals surface area contributed by atoms with Gasteiger partial charge < -0.3 is 19.1 Å². The van der Waals surface area contributed by atoms with E-state index in [-0.39, 0.29) is 23.5 Å². The Labute approximate surface area is 114 Å². The van der Waals surface area contributed by atoms with Crippen molar-refractivity contribution in [2.75, 3.05) is 14.2 Å². The van der Waals surface area contributed by atoms with Crippen molar-refractivity contribution in [2.45, 2.75) is 6.42 Å². The van der Waals surface area contributed by atoms with E-state index in [9.17, 15) is 14.4 Å². The first kappa shape index (κ1) is 15.4. The summed E-state index contributed by atoms with van der Waals surface area (Å²) < 4.78 is 10.3. The van der Waals surface area contributed by atoms with Crippen LogP contribution in [-0.4, -0.2) is 47.5 Å². The largest absolute Gasteiger partial charge is 0.477 e. The maximum Gasteiger partial charge on any atom is 0.353 e. The fraction of sp³-hybridized carbons (Fsp3) is 0.333. The first-order chi connectivity index (χ1) is 9.38. The molecule has 20 heavy (non-hydrogen) atoms. The minimum absolute atomic E-state index is 0.00559. The Morgan fingerprint density at radius 3 is 2.40 bits per heavy atom. The number of carbonyl (C=O) groups excluding carboxylic acids is 2. The molecular weight excluding hydrogens is 268 g/mol. The lowest BCUT2D eigenvalue weighted by molar-refractivity contribution is -0.140. The number of esters is 2. The highest BCUT2D eigenvalue weighted by atomic mass is 16.5. The fourth-order valence-corrected chi connectivity index (χ4v) is 1.46. The zero-order valence-electron chi connectivity index (χ0n) is 11.2. The fourth-order valence-electron chi connectivity index (χ4n) is 1.46. The van der Waals surface area contributed by atoms with Gasteiger partial charge in [0.2, 0.25) is 0 Å². The molecule has 0 aliphatic carbocycles. The normalized spacial score (nSPS) is 11.1. The summed E-state index contributed by atoms with van der Waals surface area (Å²) in [5, 5.41) is 8.92. The Hall–Kier alpha value is -2.64. The number of hydrogen-bond acceptors (Lipinski definition) is 6. The van der Waals surface area contributed by atoms with Gasteiger partial charge in [0.1, 0.15) is 11.4 Å². The monoisotopic (exact) mass is 282 g/mol. The smallest absolute Gasteiger partial charge is 0.353 e. The van der Waals surface area contributed by atoms with E-state index in [0.29, 0.717) is 0 Å². The number of aliphatic imine (C=N–C) groups is 1. The molecule has 8 nitrogen and oxygen atoms in total. The van der Waals surface area contributed by atoms with Crippen LogP contribution in [0.3, 0.4) is 0 Å². The lowest BCUT2D eigenvalue weighted by atomic mass is 10.2. The molecule has 1 heterocycles. The summed E-state index contributed by atoms with van der Waals surface area (Å²) in [5.41, 5.74) is 0.0714. The summed E-state index contributed by atoms with van der Waals surface area (Å²) in [4.78, 5) is 37.6. The average molecular weight is 282 g/mol. The Balaban J connectivity index is 3.12. The molecule has 0 amide bonds. The predicted octanol–water partition coefficient (Wildman–Crippen LogP) is 0.532. The zero-order chi connectivity index (χ0) is 15.3. The van der Waals surface area contributed by atoms with Gasteiger partial charge in [-0.15, -0.1) is 0 Å². The number of nitrogens with zero attached hydrogens (tertiary/aromatic N) is 2. The number of carboxylic acid groups (broad SMARTS) is 1. The lowest BCUT2D eigenvalue weighted by Gasteiger charge is -2.02. The van der Waals surface area contributed by atoms with Crippen molar-refractivity contribution in [3.63, 3.8) is 0 Å². The number of rotatable bonds is 5. The van der Waals surface area contributed by atoms with Gasteiger partial charge >= 0.3 is 17.9 Å². The van der Waals surface area contributed by atoms with Gasteiger partial charge in [0.25, 0.3) is 0 Å². The molecule has 0 atom stereocenters. The number of carboxylic acids is 1. The Morgan fingerprint density at radius 2 is 1.95 bits per heavy atom. The van der Waals surface area contributed by atoms with E-state index in [0.717, 1.165) is 7.11 Å². The minimum atomic E-state index is -1.12. The van der Waals surface area contributed by atoms with Crippen molar-refractivity contribution < 1.29 is 29.0 Å². The maximum absolute atomic E-state index is 11.5. The van der Waals surface area contributed by atoms with Crippen molar-refractivity contribution in [1.29, 1.82) is 0 Å². The van der Waals surface area contributed by atoms with E-state index in [2.05, 4.69) is 14.5 Å².